The molecule has 4 nitrogen and oxygen atoms in total. The van der Waals surface area contributed by atoms with Crippen LogP contribution in [0.2, 0.25) is 0 Å². The molecule has 0 aliphatic carbocycles. The molecule has 0 radical (unpaired) electrons. The number of aromatic nitrogens is 2. The van der Waals surface area contributed by atoms with Crippen molar-refractivity contribution in [3.8, 4) is 5.88 Å². The lowest BCUT2D eigenvalue weighted by atomic mass is 10.4. The topological polar surface area (TPSA) is 44.1 Å². The molecule has 0 bridgehead atoms. The summed E-state index contributed by atoms with van der Waals surface area (Å²) < 4.78 is 6.43. The van der Waals surface area contributed by atoms with Crippen LogP contribution in [-0.2, 0) is 4.79 Å². The van der Waals surface area contributed by atoms with E-state index in [1.807, 2.05) is 13.8 Å². The minimum Gasteiger partial charge on any atom is -0.410 e. The van der Waals surface area contributed by atoms with Gasteiger partial charge < -0.3 is 4.74 Å². The zero-order valence-electron chi connectivity index (χ0n) is 6.52. The first-order valence-electron chi connectivity index (χ1n) is 3.38. The van der Waals surface area contributed by atoms with Gasteiger partial charge in [-0.3, -0.25) is 9.36 Å². The second-order valence-corrected chi connectivity index (χ2v) is 2.45. The lowest BCUT2D eigenvalue weighted by Crippen LogP contribution is -2.02. The molecule has 4 heteroatoms. The van der Waals surface area contributed by atoms with Gasteiger partial charge in [0.15, 0.2) is 0 Å². The number of ether oxygens (including phenoxy) is 1. The maximum atomic E-state index is 9.98. The van der Waals surface area contributed by atoms with Crippen LogP contribution in [0.25, 0.3) is 0 Å². The van der Waals surface area contributed by atoms with Crippen LogP contribution in [0.3, 0.4) is 0 Å². The molecule has 0 N–H and O–H groups in total. The Bertz CT molecular complexity index is 242. The lowest BCUT2D eigenvalue weighted by Gasteiger charge is -2.08. The SMILES string of the molecule is CC(C)n1cncc1OC=O. The van der Waals surface area contributed by atoms with Crippen molar-refractivity contribution in [1.29, 1.82) is 0 Å². The van der Waals surface area contributed by atoms with Crippen LogP contribution in [0.1, 0.15) is 19.9 Å². The number of hydrogen-bond donors (Lipinski definition) is 0. The quantitative estimate of drug-likeness (QED) is 0.610. The number of hydrogen-bond acceptors (Lipinski definition) is 3. The highest BCUT2D eigenvalue weighted by Gasteiger charge is 2.04. The third-order valence-corrected chi connectivity index (χ3v) is 1.36. The minimum absolute atomic E-state index is 0.257. The van der Waals surface area contributed by atoms with Crippen molar-refractivity contribution in [3.63, 3.8) is 0 Å². The van der Waals surface area contributed by atoms with Crippen molar-refractivity contribution >= 4 is 6.47 Å². The summed E-state index contributed by atoms with van der Waals surface area (Å²) in [6, 6.07) is 0.257. The van der Waals surface area contributed by atoms with Gasteiger partial charge in [0, 0.05) is 6.04 Å². The summed E-state index contributed by atoms with van der Waals surface area (Å²) in [4.78, 5) is 13.8. The predicted molar refractivity (Wildman–Crippen MR) is 39.3 cm³/mol. The molecule has 0 atom stereocenters. The molecule has 1 rings (SSSR count). The Morgan fingerprint density at radius 2 is 2.45 bits per heavy atom. The molecule has 60 valence electrons. The van der Waals surface area contributed by atoms with E-state index in [0.29, 0.717) is 12.4 Å². The van der Waals surface area contributed by atoms with Crippen LogP contribution in [0.4, 0.5) is 0 Å². The van der Waals surface area contributed by atoms with E-state index in [1.165, 1.54) is 6.20 Å². The second-order valence-electron chi connectivity index (χ2n) is 2.45. The summed E-state index contributed by atoms with van der Waals surface area (Å²) in [5, 5.41) is 0. The minimum atomic E-state index is 0.257. The Morgan fingerprint density at radius 1 is 1.73 bits per heavy atom. The number of carbonyl (C=O) groups is 1. The van der Waals surface area contributed by atoms with Crippen molar-refractivity contribution in [2.45, 2.75) is 19.9 Å². The second kappa shape index (κ2) is 3.18. The van der Waals surface area contributed by atoms with Crippen molar-refractivity contribution in [2.75, 3.05) is 0 Å². The summed E-state index contributed by atoms with van der Waals surface area (Å²) in [7, 11) is 0. The smallest absolute Gasteiger partial charge is 0.299 e. The summed E-state index contributed by atoms with van der Waals surface area (Å²) in [6.07, 6.45) is 3.14. The molecule has 1 heterocycles. The van der Waals surface area contributed by atoms with E-state index < -0.39 is 0 Å². The molecule has 0 aliphatic rings. The van der Waals surface area contributed by atoms with Gasteiger partial charge in [-0.25, -0.2) is 4.98 Å². The number of rotatable bonds is 3. The summed E-state index contributed by atoms with van der Waals surface area (Å²) >= 11 is 0. The fraction of sp³-hybridized carbons (Fsp3) is 0.429. The fourth-order valence-electron chi connectivity index (χ4n) is 0.821. The van der Waals surface area contributed by atoms with Crippen LogP contribution in [-0.4, -0.2) is 16.0 Å². The first kappa shape index (κ1) is 7.78. The number of imidazole rings is 1. The first-order valence-corrected chi connectivity index (χ1v) is 3.38. The standard InChI is InChI=1S/C7H10N2O2/c1-6(2)9-4-8-3-7(9)11-5-10/h3-6H,1-2H3. The third-order valence-electron chi connectivity index (χ3n) is 1.36. The molecule has 0 unspecified atom stereocenters. The summed E-state index contributed by atoms with van der Waals surface area (Å²) in [5.41, 5.74) is 0. The molecule has 0 aliphatic heterocycles. The van der Waals surface area contributed by atoms with Crippen molar-refractivity contribution in [1.82, 2.24) is 9.55 Å². The lowest BCUT2D eigenvalue weighted by molar-refractivity contribution is -0.121. The molecule has 11 heavy (non-hydrogen) atoms. The van der Waals surface area contributed by atoms with Gasteiger partial charge in [-0.2, -0.15) is 0 Å². The average Bonchev–Trinajstić information content (AvgIpc) is 2.36. The number of carbonyl (C=O) groups excluding carboxylic acids is 1. The van der Waals surface area contributed by atoms with Crippen LogP contribution >= 0.6 is 0 Å². The first-order chi connectivity index (χ1) is 5.25. The van der Waals surface area contributed by atoms with Crippen molar-refractivity contribution in [3.05, 3.63) is 12.5 Å². The highest BCUT2D eigenvalue weighted by Crippen LogP contribution is 2.14. The molecular weight excluding hydrogens is 144 g/mol. The van der Waals surface area contributed by atoms with Crippen molar-refractivity contribution < 1.29 is 9.53 Å². The van der Waals surface area contributed by atoms with E-state index in [4.69, 9.17) is 0 Å². The highest BCUT2D eigenvalue weighted by molar-refractivity contribution is 5.42. The molecule has 1 aromatic heterocycles. The van der Waals surface area contributed by atoms with Gasteiger partial charge in [-0.05, 0) is 13.8 Å². The van der Waals surface area contributed by atoms with Crippen LogP contribution in [0.15, 0.2) is 12.5 Å². The maximum absolute atomic E-state index is 9.98. The number of nitrogens with zero attached hydrogens (tertiary/aromatic N) is 2. The molecular formula is C7H10N2O2. The van der Waals surface area contributed by atoms with E-state index in [0.717, 1.165) is 0 Å². The summed E-state index contributed by atoms with van der Waals surface area (Å²) in [5.74, 6) is 0.481. The Morgan fingerprint density at radius 3 is 3.00 bits per heavy atom. The van der Waals surface area contributed by atoms with Gasteiger partial charge >= 0.3 is 0 Å². The normalized spacial score (nSPS) is 10.1. The van der Waals surface area contributed by atoms with E-state index in [1.54, 1.807) is 10.9 Å². The molecule has 0 spiro atoms. The van der Waals surface area contributed by atoms with E-state index in [9.17, 15) is 4.79 Å². The molecule has 1 aromatic rings. The van der Waals surface area contributed by atoms with Crippen LogP contribution < -0.4 is 4.74 Å². The van der Waals surface area contributed by atoms with Crippen LogP contribution in [0, 0.1) is 0 Å². The Balaban J connectivity index is 2.86. The van der Waals surface area contributed by atoms with Crippen LogP contribution in [0.5, 0.6) is 5.88 Å². The Kier molecular flexibility index (Phi) is 2.25. The Hall–Kier alpha value is -1.32. The average molecular weight is 154 g/mol. The van der Waals surface area contributed by atoms with E-state index in [-0.39, 0.29) is 6.04 Å². The highest BCUT2D eigenvalue weighted by atomic mass is 16.5. The summed E-state index contributed by atoms with van der Waals surface area (Å²) in [6.45, 7) is 4.37. The molecule has 0 saturated heterocycles. The monoisotopic (exact) mass is 154 g/mol. The largest absolute Gasteiger partial charge is 0.410 e. The fourth-order valence-corrected chi connectivity index (χ4v) is 0.821. The predicted octanol–water partition coefficient (Wildman–Crippen LogP) is 0.999. The van der Waals surface area contributed by atoms with Gasteiger partial charge in [0.1, 0.15) is 0 Å². The van der Waals surface area contributed by atoms with Gasteiger partial charge in [-0.15, -0.1) is 0 Å². The molecule has 0 saturated carbocycles. The van der Waals surface area contributed by atoms with Gasteiger partial charge in [-0.1, -0.05) is 0 Å². The van der Waals surface area contributed by atoms with E-state index >= 15 is 0 Å². The molecule has 0 amide bonds. The third kappa shape index (κ3) is 1.58. The van der Waals surface area contributed by atoms with Gasteiger partial charge in [0.2, 0.25) is 5.88 Å². The zero-order valence-corrected chi connectivity index (χ0v) is 6.52. The van der Waals surface area contributed by atoms with Crippen molar-refractivity contribution in [2.24, 2.45) is 0 Å². The maximum Gasteiger partial charge on any atom is 0.299 e. The van der Waals surface area contributed by atoms with Gasteiger partial charge in [0.25, 0.3) is 6.47 Å². The molecule has 0 fully saturated rings. The van der Waals surface area contributed by atoms with Gasteiger partial charge in [0.05, 0.1) is 12.5 Å². The zero-order chi connectivity index (χ0) is 8.27. The van der Waals surface area contributed by atoms with E-state index in [2.05, 4.69) is 9.72 Å². The molecule has 0 aromatic carbocycles. The Labute approximate surface area is 64.8 Å².